The van der Waals surface area contributed by atoms with Gasteiger partial charge in [0, 0.05) is 6.42 Å². The van der Waals surface area contributed by atoms with Gasteiger partial charge in [0.25, 0.3) is 6.29 Å². The second-order valence-corrected chi connectivity index (χ2v) is 2.43. The molecule has 0 amide bonds. The second kappa shape index (κ2) is 3.56. The zero-order valence-electron chi connectivity index (χ0n) is 6.17. The molecule has 58 valence electrons. The molecule has 1 aliphatic rings. The predicted octanol–water partition coefficient (Wildman–Crippen LogP) is 1.05. The lowest BCUT2D eigenvalue weighted by atomic mass is 10.2. The van der Waals surface area contributed by atoms with Crippen LogP contribution in [0.2, 0.25) is 0 Å². The van der Waals surface area contributed by atoms with Gasteiger partial charge in [0.05, 0.1) is 13.5 Å². The molecule has 1 N–H and O–H groups in total. The Hall–Kier alpha value is -0.570. The van der Waals surface area contributed by atoms with Crippen molar-refractivity contribution in [2.45, 2.75) is 32.5 Å². The molecule has 0 aromatic carbocycles. The van der Waals surface area contributed by atoms with E-state index in [1.165, 1.54) is 6.92 Å². The summed E-state index contributed by atoms with van der Waals surface area (Å²) in [6.07, 6.45) is 2.90. The molecule has 3 nitrogen and oxygen atoms in total. The summed E-state index contributed by atoms with van der Waals surface area (Å²) in [7, 11) is 0. The van der Waals surface area contributed by atoms with Crippen LogP contribution in [-0.2, 0) is 9.47 Å². The van der Waals surface area contributed by atoms with Crippen molar-refractivity contribution in [3.8, 4) is 0 Å². The van der Waals surface area contributed by atoms with E-state index in [1.54, 1.807) is 0 Å². The molecule has 0 aromatic rings. The Balaban J connectivity index is 2.19. The lowest BCUT2D eigenvalue weighted by Gasteiger charge is -2.15. The molecule has 1 fully saturated rings. The molecule has 0 radical (unpaired) electrons. The van der Waals surface area contributed by atoms with Crippen LogP contribution in [0.3, 0.4) is 0 Å². The Bertz CT molecular complexity index is 116. The first-order valence-electron chi connectivity index (χ1n) is 3.60. The Kier molecular flexibility index (Phi) is 2.68. The maximum Gasteiger partial charge on any atom is 0.481 e. The van der Waals surface area contributed by atoms with Crippen molar-refractivity contribution in [3.05, 3.63) is 0 Å². The minimum Gasteiger partial charge on any atom is -0.339 e. The molecule has 0 aliphatic carbocycles. The van der Waals surface area contributed by atoms with E-state index in [0.29, 0.717) is 0 Å². The highest BCUT2D eigenvalue weighted by Crippen LogP contribution is 2.13. The number of ether oxygens (including phenoxy) is 2. The highest BCUT2D eigenvalue weighted by molar-refractivity contribution is 5.67. The van der Waals surface area contributed by atoms with E-state index in [9.17, 15) is 0 Å². The molecular weight excluding hydrogens is 132 g/mol. The van der Waals surface area contributed by atoms with Gasteiger partial charge in [-0.3, -0.25) is 4.74 Å². The van der Waals surface area contributed by atoms with Gasteiger partial charge in [0.15, 0.2) is 0 Å². The van der Waals surface area contributed by atoms with Crippen LogP contribution in [0.1, 0.15) is 26.2 Å². The minimum atomic E-state index is -0.209. The summed E-state index contributed by atoms with van der Waals surface area (Å²) in [4.78, 5) is 8.72. The van der Waals surface area contributed by atoms with E-state index >= 15 is 0 Å². The number of hydrogen-bond acceptors (Lipinski definition) is 2. The van der Waals surface area contributed by atoms with Crippen molar-refractivity contribution in [2.24, 2.45) is 0 Å². The molecule has 1 aliphatic heterocycles. The zero-order chi connectivity index (χ0) is 7.40. The molecule has 1 saturated heterocycles. The molecule has 1 heterocycles. The smallest absolute Gasteiger partial charge is 0.339 e. The lowest BCUT2D eigenvalue weighted by Crippen LogP contribution is -2.24. The minimum absolute atomic E-state index is 0.00750. The van der Waals surface area contributed by atoms with E-state index in [1.807, 2.05) is 0 Å². The van der Waals surface area contributed by atoms with Crippen LogP contribution < -0.4 is 0 Å². The van der Waals surface area contributed by atoms with Gasteiger partial charge in [-0.1, -0.05) is 0 Å². The van der Waals surface area contributed by atoms with Crippen molar-refractivity contribution in [2.75, 3.05) is 6.61 Å². The van der Waals surface area contributed by atoms with Crippen LogP contribution in [0.4, 0.5) is 0 Å². The average Bonchev–Trinajstić information content (AvgIpc) is 1.88. The van der Waals surface area contributed by atoms with Crippen LogP contribution in [-0.4, -0.2) is 23.7 Å². The maximum absolute atomic E-state index is 8.72. The first kappa shape index (κ1) is 7.54. The quantitative estimate of drug-likeness (QED) is 0.408. The molecule has 0 aromatic heterocycles. The van der Waals surface area contributed by atoms with Gasteiger partial charge in [0.1, 0.15) is 0 Å². The highest BCUT2D eigenvalue weighted by atomic mass is 16.7. The van der Waals surface area contributed by atoms with Crippen LogP contribution >= 0.6 is 0 Å². The SMILES string of the molecule is CC(=[OH+])OC1CCCCO1. The predicted molar refractivity (Wildman–Crippen MR) is 37.3 cm³/mol. The summed E-state index contributed by atoms with van der Waals surface area (Å²) in [5.41, 5.74) is 0. The molecular formula is C7H13O3+. The highest BCUT2D eigenvalue weighted by Gasteiger charge is 2.22. The Morgan fingerprint density at radius 2 is 2.40 bits per heavy atom. The lowest BCUT2D eigenvalue weighted by molar-refractivity contribution is -0.117. The monoisotopic (exact) mass is 145 g/mol. The summed E-state index contributed by atoms with van der Waals surface area (Å²) in [5.74, 6) is -0.00750. The fourth-order valence-corrected chi connectivity index (χ4v) is 0.994. The van der Waals surface area contributed by atoms with Gasteiger partial charge in [0.2, 0.25) is 0 Å². The summed E-state index contributed by atoms with van der Waals surface area (Å²) >= 11 is 0. The number of hydrogen-bond donors (Lipinski definition) is 0. The topological polar surface area (TPSA) is 39.9 Å². The fraction of sp³-hybridized carbons (Fsp3) is 0.857. The third-order valence-corrected chi connectivity index (χ3v) is 1.44. The van der Waals surface area contributed by atoms with Crippen molar-refractivity contribution >= 4 is 5.97 Å². The Labute approximate surface area is 60.3 Å². The van der Waals surface area contributed by atoms with Crippen molar-refractivity contribution in [3.63, 3.8) is 0 Å². The summed E-state index contributed by atoms with van der Waals surface area (Å²) in [5, 5.41) is 0. The summed E-state index contributed by atoms with van der Waals surface area (Å²) in [6, 6.07) is 0. The van der Waals surface area contributed by atoms with Crippen LogP contribution in [0.25, 0.3) is 0 Å². The van der Waals surface area contributed by atoms with Crippen LogP contribution in [0.15, 0.2) is 0 Å². The molecule has 1 rings (SSSR count). The van der Waals surface area contributed by atoms with Crippen LogP contribution in [0.5, 0.6) is 0 Å². The van der Waals surface area contributed by atoms with E-state index in [-0.39, 0.29) is 12.3 Å². The maximum atomic E-state index is 8.72. The van der Waals surface area contributed by atoms with Gasteiger partial charge in [-0.2, -0.15) is 0 Å². The van der Waals surface area contributed by atoms with E-state index in [4.69, 9.17) is 14.3 Å². The van der Waals surface area contributed by atoms with Crippen molar-refractivity contribution < 1.29 is 14.3 Å². The van der Waals surface area contributed by atoms with Gasteiger partial charge in [-0.25, -0.2) is 0 Å². The third-order valence-electron chi connectivity index (χ3n) is 1.44. The molecule has 1 unspecified atom stereocenters. The largest absolute Gasteiger partial charge is 0.481 e. The molecule has 10 heavy (non-hydrogen) atoms. The van der Waals surface area contributed by atoms with Gasteiger partial charge >= 0.3 is 5.97 Å². The normalized spacial score (nSPS) is 25.9. The van der Waals surface area contributed by atoms with Gasteiger partial charge < -0.3 is 9.53 Å². The van der Waals surface area contributed by atoms with E-state index < -0.39 is 0 Å². The average molecular weight is 145 g/mol. The van der Waals surface area contributed by atoms with E-state index in [0.717, 1.165) is 25.9 Å². The van der Waals surface area contributed by atoms with Crippen LogP contribution in [0, 0.1) is 0 Å². The first-order chi connectivity index (χ1) is 4.79. The number of esters is 1. The van der Waals surface area contributed by atoms with Crippen molar-refractivity contribution in [1.29, 1.82) is 0 Å². The van der Waals surface area contributed by atoms with E-state index in [2.05, 4.69) is 0 Å². The molecule has 0 bridgehead atoms. The Morgan fingerprint density at radius 3 is 2.90 bits per heavy atom. The number of carbonyl (C=O) groups excluding carboxylic acids is 1. The molecule has 0 saturated carbocycles. The fourth-order valence-electron chi connectivity index (χ4n) is 0.994. The summed E-state index contributed by atoms with van der Waals surface area (Å²) < 4.78 is 10.1. The second-order valence-electron chi connectivity index (χ2n) is 2.43. The van der Waals surface area contributed by atoms with Gasteiger partial charge in [-0.05, 0) is 12.8 Å². The van der Waals surface area contributed by atoms with Crippen molar-refractivity contribution in [1.82, 2.24) is 0 Å². The Morgan fingerprint density at radius 1 is 1.60 bits per heavy atom. The van der Waals surface area contributed by atoms with Gasteiger partial charge in [-0.15, -0.1) is 0 Å². The first-order valence-corrected chi connectivity index (χ1v) is 3.60. The third kappa shape index (κ3) is 2.35. The molecule has 1 atom stereocenters. The number of rotatable bonds is 1. The zero-order valence-corrected chi connectivity index (χ0v) is 6.17. The summed E-state index contributed by atoms with van der Waals surface area (Å²) in [6.45, 7) is 2.26. The molecule has 0 spiro atoms. The molecule has 3 heteroatoms. The standard InChI is InChI=1S/C7H12O3/c1-6(8)10-7-4-2-3-5-9-7/h7H,2-5H2,1H3/p+1.